The molecule has 8 heteroatoms. The van der Waals surface area contributed by atoms with E-state index in [4.69, 9.17) is 5.11 Å². The minimum absolute atomic E-state index is 0.0297. The molecule has 2 rings (SSSR count). The van der Waals surface area contributed by atoms with Crippen molar-refractivity contribution in [1.29, 1.82) is 0 Å². The second kappa shape index (κ2) is 5.43. The molecular formula is C11H15N5O2S. The Morgan fingerprint density at radius 1 is 1.47 bits per heavy atom. The summed E-state index contributed by atoms with van der Waals surface area (Å²) in [6.07, 6.45) is 0. The molecule has 19 heavy (non-hydrogen) atoms. The predicted molar refractivity (Wildman–Crippen MR) is 71.0 cm³/mol. The van der Waals surface area contributed by atoms with Gasteiger partial charge in [-0.05, 0) is 19.9 Å². The van der Waals surface area contributed by atoms with E-state index in [1.807, 2.05) is 24.6 Å². The number of hydrogen-bond donors (Lipinski definition) is 1. The minimum Gasteiger partial charge on any atom is -0.481 e. The monoisotopic (exact) mass is 281 g/mol. The van der Waals surface area contributed by atoms with Crippen molar-refractivity contribution in [3.8, 4) is 11.5 Å². The first-order chi connectivity index (χ1) is 9.01. The lowest BCUT2D eigenvalue weighted by atomic mass is 10.3. The molecule has 0 saturated carbocycles. The molecule has 0 aromatic carbocycles. The van der Waals surface area contributed by atoms with Crippen LogP contribution in [0.2, 0.25) is 0 Å². The van der Waals surface area contributed by atoms with Gasteiger partial charge in [-0.3, -0.25) is 9.48 Å². The molecule has 0 bridgehead atoms. The summed E-state index contributed by atoms with van der Waals surface area (Å²) in [6, 6.07) is 1.92. The molecule has 0 aliphatic rings. The van der Waals surface area contributed by atoms with E-state index in [1.54, 1.807) is 11.7 Å². The number of aromatic nitrogens is 5. The molecule has 0 aliphatic carbocycles. The number of carboxylic acids is 1. The summed E-state index contributed by atoms with van der Waals surface area (Å²) in [5.74, 6) is -0.334. The molecule has 0 fully saturated rings. The number of nitrogens with zero attached hydrogens (tertiary/aromatic N) is 5. The summed E-state index contributed by atoms with van der Waals surface area (Å²) < 4.78 is 3.42. The van der Waals surface area contributed by atoms with Crippen LogP contribution in [0, 0.1) is 6.92 Å². The largest absolute Gasteiger partial charge is 0.481 e. The number of hydrogen-bond acceptors (Lipinski definition) is 5. The Balaban J connectivity index is 2.30. The molecular weight excluding hydrogens is 266 g/mol. The Morgan fingerprint density at radius 2 is 2.21 bits per heavy atom. The minimum atomic E-state index is -0.871. The Labute approximate surface area is 114 Å². The van der Waals surface area contributed by atoms with E-state index in [9.17, 15) is 4.79 Å². The Morgan fingerprint density at radius 3 is 2.84 bits per heavy atom. The molecule has 0 aliphatic heterocycles. The van der Waals surface area contributed by atoms with Gasteiger partial charge in [0.1, 0.15) is 5.69 Å². The lowest BCUT2D eigenvalue weighted by Crippen LogP contribution is -2.00. The Hall–Kier alpha value is -1.83. The van der Waals surface area contributed by atoms with Gasteiger partial charge in [-0.2, -0.15) is 10.1 Å². The molecule has 2 aromatic rings. The molecule has 0 radical (unpaired) electrons. The van der Waals surface area contributed by atoms with Gasteiger partial charge in [-0.1, -0.05) is 11.8 Å². The molecule has 0 saturated heterocycles. The van der Waals surface area contributed by atoms with Crippen molar-refractivity contribution in [3.05, 3.63) is 11.8 Å². The SMILES string of the molecule is CCn1nc(C)cc1-c1nc(SCC(=O)O)n(C)n1. The highest BCUT2D eigenvalue weighted by Crippen LogP contribution is 2.21. The molecule has 2 aromatic heterocycles. The van der Waals surface area contributed by atoms with Crippen molar-refractivity contribution < 1.29 is 9.90 Å². The molecule has 1 N–H and O–H groups in total. The molecule has 0 atom stereocenters. The van der Waals surface area contributed by atoms with Gasteiger partial charge in [0.05, 0.1) is 11.4 Å². The van der Waals surface area contributed by atoms with Crippen molar-refractivity contribution in [3.63, 3.8) is 0 Å². The highest BCUT2D eigenvalue weighted by atomic mass is 32.2. The summed E-state index contributed by atoms with van der Waals surface area (Å²) in [4.78, 5) is 14.9. The van der Waals surface area contributed by atoms with Crippen molar-refractivity contribution in [1.82, 2.24) is 24.5 Å². The van der Waals surface area contributed by atoms with E-state index >= 15 is 0 Å². The molecule has 2 heterocycles. The first-order valence-corrected chi connectivity index (χ1v) is 6.80. The van der Waals surface area contributed by atoms with Gasteiger partial charge >= 0.3 is 5.97 Å². The van der Waals surface area contributed by atoms with E-state index in [2.05, 4.69) is 15.2 Å². The maximum absolute atomic E-state index is 10.6. The standard InChI is InChI=1S/C11H15N5O2S/c1-4-16-8(5-7(2)13-16)10-12-11(15(3)14-10)19-6-9(17)18/h5H,4,6H2,1-3H3,(H,17,18). The van der Waals surface area contributed by atoms with E-state index < -0.39 is 5.97 Å². The number of carboxylic acid groups (broad SMARTS) is 1. The van der Waals surface area contributed by atoms with Gasteiger partial charge in [-0.15, -0.1) is 5.10 Å². The fourth-order valence-electron chi connectivity index (χ4n) is 1.70. The van der Waals surface area contributed by atoms with E-state index in [0.717, 1.165) is 29.7 Å². The summed E-state index contributed by atoms with van der Waals surface area (Å²) >= 11 is 1.15. The Bertz CT molecular complexity index is 604. The zero-order valence-electron chi connectivity index (χ0n) is 11.0. The van der Waals surface area contributed by atoms with Crippen molar-refractivity contribution in [2.45, 2.75) is 25.5 Å². The maximum atomic E-state index is 10.6. The van der Waals surface area contributed by atoms with Crippen LogP contribution < -0.4 is 0 Å². The maximum Gasteiger partial charge on any atom is 0.313 e. The van der Waals surface area contributed by atoms with Crippen molar-refractivity contribution >= 4 is 17.7 Å². The van der Waals surface area contributed by atoms with E-state index in [-0.39, 0.29) is 5.75 Å². The van der Waals surface area contributed by atoms with Crippen LogP contribution in [0.5, 0.6) is 0 Å². The van der Waals surface area contributed by atoms with Crippen LogP contribution >= 0.6 is 11.8 Å². The predicted octanol–water partition coefficient (Wildman–Crippen LogP) is 1.18. The van der Waals surface area contributed by atoms with E-state index in [0.29, 0.717) is 11.0 Å². The third kappa shape index (κ3) is 2.95. The average molecular weight is 281 g/mol. The summed E-state index contributed by atoms with van der Waals surface area (Å²) in [5.41, 5.74) is 1.75. The lowest BCUT2D eigenvalue weighted by Gasteiger charge is -1.98. The van der Waals surface area contributed by atoms with Crippen LogP contribution in [0.15, 0.2) is 11.2 Å². The first-order valence-electron chi connectivity index (χ1n) is 5.81. The second-order valence-electron chi connectivity index (χ2n) is 4.01. The highest BCUT2D eigenvalue weighted by Gasteiger charge is 2.15. The van der Waals surface area contributed by atoms with Crippen molar-refractivity contribution in [2.75, 3.05) is 5.75 Å². The number of rotatable bonds is 5. The highest BCUT2D eigenvalue weighted by molar-refractivity contribution is 7.99. The molecule has 0 spiro atoms. The normalized spacial score (nSPS) is 10.9. The van der Waals surface area contributed by atoms with Crippen LogP contribution in [0.3, 0.4) is 0 Å². The third-order valence-electron chi connectivity index (χ3n) is 2.48. The van der Waals surface area contributed by atoms with Crippen LogP contribution in [0.1, 0.15) is 12.6 Å². The zero-order valence-corrected chi connectivity index (χ0v) is 11.8. The number of carbonyl (C=O) groups is 1. The molecule has 7 nitrogen and oxygen atoms in total. The van der Waals surface area contributed by atoms with E-state index in [1.165, 1.54) is 0 Å². The number of aliphatic carboxylic acids is 1. The van der Waals surface area contributed by atoms with Gasteiger partial charge in [-0.25, -0.2) is 4.68 Å². The number of aryl methyl sites for hydroxylation is 3. The van der Waals surface area contributed by atoms with Crippen LogP contribution in [-0.2, 0) is 18.4 Å². The summed E-state index contributed by atoms with van der Waals surface area (Å²) in [7, 11) is 1.75. The fraction of sp³-hybridized carbons (Fsp3) is 0.455. The summed E-state index contributed by atoms with van der Waals surface area (Å²) in [5, 5.41) is 17.9. The average Bonchev–Trinajstić information content (AvgIpc) is 2.89. The van der Waals surface area contributed by atoms with Gasteiger partial charge in [0.15, 0.2) is 11.0 Å². The molecule has 102 valence electrons. The Kier molecular flexibility index (Phi) is 3.89. The zero-order chi connectivity index (χ0) is 14.0. The topological polar surface area (TPSA) is 85.8 Å². The lowest BCUT2D eigenvalue weighted by molar-refractivity contribution is -0.133. The second-order valence-corrected chi connectivity index (χ2v) is 4.95. The van der Waals surface area contributed by atoms with Gasteiger partial charge in [0, 0.05) is 13.6 Å². The van der Waals surface area contributed by atoms with Crippen LogP contribution in [0.25, 0.3) is 11.5 Å². The summed E-state index contributed by atoms with van der Waals surface area (Å²) in [6.45, 7) is 4.65. The van der Waals surface area contributed by atoms with Crippen LogP contribution in [-0.4, -0.2) is 41.4 Å². The number of thioether (sulfide) groups is 1. The first kappa shape index (κ1) is 13.6. The van der Waals surface area contributed by atoms with Gasteiger partial charge in [0.25, 0.3) is 0 Å². The fourth-order valence-corrected chi connectivity index (χ4v) is 2.33. The third-order valence-corrected chi connectivity index (χ3v) is 3.48. The van der Waals surface area contributed by atoms with Gasteiger partial charge < -0.3 is 5.11 Å². The quantitative estimate of drug-likeness (QED) is 0.828. The van der Waals surface area contributed by atoms with Gasteiger partial charge in [0.2, 0.25) is 0 Å². The van der Waals surface area contributed by atoms with Crippen molar-refractivity contribution in [2.24, 2.45) is 7.05 Å². The molecule has 0 amide bonds. The van der Waals surface area contributed by atoms with Crippen LogP contribution in [0.4, 0.5) is 0 Å². The smallest absolute Gasteiger partial charge is 0.313 e. The molecule has 0 unspecified atom stereocenters.